The third-order valence-corrected chi connectivity index (χ3v) is 3.30. The molecule has 0 aliphatic heterocycles. The standard InChI is InChI=1S/C17H28FN3O.HI/c1-4-19-17(20-12-6-5-7-13-22-3)21(2)14-15-8-10-16(18)11-9-15;/h8-11H,4-7,12-14H2,1-3H3,(H,19,20);1H. The number of nitrogens with one attached hydrogen (secondary N) is 1. The van der Waals surface area contributed by atoms with Gasteiger partial charge in [0.05, 0.1) is 0 Å². The van der Waals surface area contributed by atoms with Crippen LogP contribution in [0.4, 0.5) is 4.39 Å². The van der Waals surface area contributed by atoms with E-state index < -0.39 is 0 Å². The van der Waals surface area contributed by atoms with Gasteiger partial charge in [0.2, 0.25) is 0 Å². The summed E-state index contributed by atoms with van der Waals surface area (Å²) >= 11 is 0. The fourth-order valence-electron chi connectivity index (χ4n) is 2.13. The molecule has 1 rings (SSSR count). The Morgan fingerprint density at radius 1 is 1.22 bits per heavy atom. The van der Waals surface area contributed by atoms with Crippen molar-refractivity contribution in [3.05, 3.63) is 35.6 Å². The summed E-state index contributed by atoms with van der Waals surface area (Å²) in [4.78, 5) is 6.70. The summed E-state index contributed by atoms with van der Waals surface area (Å²) in [6.07, 6.45) is 3.26. The lowest BCUT2D eigenvalue weighted by molar-refractivity contribution is 0.192. The van der Waals surface area contributed by atoms with Crippen molar-refractivity contribution in [2.75, 3.05) is 33.9 Å². The van der Waals surface area contributed by atoms with Crippen LogP contribution in [0.5, 0.6) is 0 Å². The zero-order valence-corrected chi connectivity index (χ0v) is 16.7. The molecule has 4 nitrogen and oxygen atoms in total. The Bertz CT molecular complexity index is 440. The normalized spacial score (nSPS) is 11.0. The quantitative estimate of drug-likeness (QED) is 0.277. The van der Waals surface area contributed by atoms with Gasteiger partial charge < -0.3 is 15.0 Å². The summed E-state index contributed by atoms with van der Waals surface area (Å²) in [6, 6.07) is 6.59. The van der Waals surface area contributed by atoms with Crippen molar-refractivity contribution in [3.63, 3.8) is 0 Å². The fourth-order valence-corrected chi connectivity index (χ4v) is 2.13. The summed E-state index contributed by atoms with van der Waals surface area (Å²) in [5.74, 6) is 0.682. The number of nitrogens with zero attached hydrogens (tertiary/aromatic N) is 2. The molecular weight excluding hydrogens is 408 g/mol. The second-order valence-electron chi connectivity index (χ2n) is 5.27. The smallest absolute Gasteiger partial charge is 0.193 e. The number of halogens is 2. The molecule has 0 aliphatic carbocycles. The van der Waals surface area contributed by atoms with E-state index in [0.717, 1.165) is 50.5 Å². The lowest BCUT2D eigenvalue weighted by atomic mass is 10.2. The average molecular weight is 437 g/mol. The van der Waals surface area contributed by atoms with Gasteiger partial charge in [-0.3, -0.25) is 4.99 Å². The molecule has 0 atom stereocenters. The zero-order chi connectivity index (χ0) is 16.2. The molecule has 0 saturated heterocycles. The first-order valence-electron chi connectivity index (χ1n) is 7.90. The van der Waals surface area contributed by atoms with E-state index in [4.69, 9.17) is 4.74 Å². The number of hydrogen-bond acceptors (Lipinski definition) is 2. The largest absolute Gasteiger partial charge is 0.385 e. The molecule has 0 saturated carbocycles. The molecule has 0 aromatic heterocycles. The number of methoxy groups -OCH3 is 1. The first kappa shape index (κ1) is 22.1. The van der Waals surface area contributed by atoms with Crippen molar-refractivity contribution in [2.45, 2.75) is 32.7 Å². The molecule has 132 valence electrons. The maximum Gasteiger partial charge on any atom is 0.193 e. The van der Waals surface area contributed by atoms with Gasteiger partial charge >= 0.3 is 0 Å². The number of ether oxygens (including phenoxy) is 1. The third kappa shape index (κ3) is 9.76. The van der Waals surface area contributed by atoms with Gasteiger partial charge in [0.25, 0.3) is 0 Å². The Balaban J connectivity index is 0.00000484. The zero-order valence-electron chi connectivity index (χ0n) is 14.3. The maximum atomic E-state index is 12.9. The summed E-state index contributed by atoms with van der Waals surface area (Å²) in [5.41, 5.74) is 1.06. The SMILES string of the molecule is CCNC(=NCCCCCOC)N(C)Cc1ccc(F)cc1.I. The molecule has 0 fully saturated rings. The van der Waals surface area contributed by atoms with Gasteiger partial charge in [-0.1, -0.05) is 12.1 Å². The van der Waals surface area contributed by atoms with E-state index in [9.17, 15) is 4.39 Å². The minimum Gasteiger partial charge on any atom is -0.385 e. The molecule has 0 aliphatic rings. The van der Waals surface area contributed by atoms with E-state index in [1.807, 2.05) is 7.05 Å². The maximum absolute atomic E-state index is 12.9. The number of unbranched alkanes of at least 4 members (excludes halogenated alkanes) is 2. The number of guanidine groups is 1. The first-order chi connectivity index (χ1) is 10.7. The lowest BCUT2D eigenvalue weighted by Gasteiger charge is -2.22. The van der Waals surface area contributed by atoms with Gasteiger partial charge in [-0.25, -0.2) is 4.39 Å². The van der Waals surface area contributed by atoms with Crippen LogP contribution in [0.1, 0.15) is 31.7 Å². The monoisotopic (exact) mass is 437 g/mol. The molecular formula is C17H29FIN3O. The highest BCUT2D eigenvalue weighted by Crippen LogP contribution is 2.06. The molecule has 6 heteroatoms. The van der Waals surface area contributed by atoms with Crippen LogP contribution in [0, 0.1) is 5.82 Å². The van der Waals surface area contributed by atoms with Gasteiger partial charge in [-0.05, 0) is 43.9 Å². The number of hydrogen-bond donors (Lipinski definition) is 1. The minimum atomic E-state index is -0.206. The summed E-state index contributed by atoms with van der Waals surface area (Å²) in [6.45, 7) is 5.21. The Morgan fingerprint density at radius 2 is 1.91 bits per heavy atom. The van der Waals surface area contributed by atoms with Gasteiger partial charge in [0, 0.05) is 40.4 Å². The van der Waals surface area contributed by atoms with Crippen LogP contribution < -0.4 is 5.32 Å². The Labute approximate surface area is 156 Å². The van der Waals surface area contributed by atoms with Gasteiger partial charge in [-0.15, -0.1) is 24.0 Å². The Morgan fingerprint density at radius 3 is 2.52 bits per heavy atom. The van der Waals surface area contributed by atoms with E-state index >= 15 is 0 Å². The van der Waals surface area contributed by atoms with Gasteiger partial charge in [0.15, 0.2) is 5.96 Å². The Kier molecular flexibility index (Phi) is 13.0. The van der Waals surface area contributed by atoms with Crippen LogP contribution in [-0.4, -0.2) is 44.7 Å². The van der Waals surface area contributed by atoms with E-state index in [1.165, 1.54) is 12.1 Å². The van der Waals surface area contributed by atoms with Crippen molar-refractivity contribution in [1.82, 2.24) is 10.2 Å². The van der Waals surface area contributed by atoms with E-state index in [-0.39, 0.29) is 29.8 Å². The highest BCUT2D eigenvalue weighted by molar-refractivity contribution is 14.0. The Hall–Kier alpha value is -0.890. The van der Waals surface area contributed by atoms with Crippen molar-refractivity contribution < 1.29 is 9.13 Å². The van der Waals surface area contributed by atoms with Crippen molar-refractivity contribution in [1.29, 1.82) is 0 Å². The van der Waals surface area contributed by atoms with Crippen LogP contribution in [0.25, 0.3) is 0 Å². The van der Waals surface area contributed by atoms with Crippen molar-refractivity contribution >= 4 is 29.9 Å². The van der Waals surface area contributed by atoms with Crippen LogP contribution in [0.3, 0.4) is 0 Å². The molecule has 0 amide bonds. The van der Waals surface area contributed by atoms with E-state index in [1.54, 1.807) is 19.2 Å². The second-order valence-corrected chi connectivity index (χ2v) is 5.27. The first-order valence-corrected chi connectivity index (χ1v) is 7.90. The van der Waals surface area contributed by atoms with Crippen LogP contribution in [0.2, 0.25) is 0 Å². The molecule has 0 heterocycles. The molecule has 0 unspecified atom stereocenters. The number of rotatable bonds is 9. The summed E-state index contributed by atoms with van der Waals surface area (Å²) < 4.78 is 18.0. The number of aliphatic imine (C=N–C) groups is 1. The highest BCUT2D eigenvalue weighted by Gasteiger charge is 2.06. The van der Waals surface area contributed by atoms with Crippen LogP contribution in [0.15, 0.2) is 29.3 Å². The molecule has 23 heavy (non-hydrogen) atoms. The minimum absolute atomic E-state index is 0. The highest BCUT2D eigenvalue weighted by atomic mass is 127. The van der Waals surface area contributed by atoms with Crippen LogP contribution in [-0.2, 0) is 11.3 Å². The fraction of sp³-hybridized carbons (Fsp3) is 0.588. The number of benzene rings is 1. The molecule has 1 N–H and O–H groups in total. The van der Waals surface area contributed by atoms with Crippen LogP contribution >= 0.6 is 24.0 Å². The molecule has 0 spiro atoms. The molecule has 0 radical (unpaired) electrons. The van der Waals surface area contributed by atoms with Crippen molar-refractivity contribution in [3.8, 4) is 0 Å². The molecule has 1 aromatic rings. The molecule has 0 bridgehead atoms. The topological polar surface area (TPSA) is 36.9 Å². The van der Waals surface area contributed by atoms with Crippen molar-refractivity contribution in [2.24, 2.45) is 4.99 Å². The van der Waals surface area contributed by atoms with Gasteiger partial charge in [0.1, 0.15) is 5.82 Å². The third-order valence-electron chi connectivity index (χ3n) is 3.30. The van der Waals surface area contributed by atoms with E-state index in [2.05, 4.69) is 22.1 Å². The van der Waals surface area contributed by atoms with Gasteiger partial charge in [-0.2, -0.15) is 0 Å². The van der Waals surface area contributed by atoms with E-state index in [0.29, 0.717) is 6.54 Å². The molecule has 1 aromatic carbocycles. The summed E-state index contributed by atoms with van der Waals surface area (Å²) in [7, 11) is 3.72. The predicted octanol–water partition coefficient (Wildman–Crippen LogP) is 3.66. The lowest BCUT2D eigenvalue weighted by Crippen LogP contribution is -2.38. The average Bonchev–Trinajstić information content (AvgIpc) is 2.51. The second kappa shape index (κ2) is 13.5. The predicted molar refractivity (Wildman–Crippen MR) is 105 cm³/mol. The summed E-state index contributed by atoms with van der Waals surface area (Å²) in [5, 5.41) is 3.29.